The van der Waals surface area contributed by atoms with Crippen LogP contribution in [0.4, 0.5) is 5.69 Å². The Morgan fingerprint density at radius 3 is 2.24 bits per heavy atom. The average Bonchev–Trinajstić information content (AvgIpc) is 3.22. The number of methoxy groups -OCH3 is 3. The number of nitrogens with zero attached hydrogens (tertiary/aromatic N) is 1. The standard InChI is InChI=1S/C25H23ClN2O5/c1-13-8-19-20(9-14(13)2)33-25(28-19)15-6-7-17(26)18(10-15)27-24(29)16-11-21(30-3)23(32-5)22(12-16)31-4/h6-12H,1-5H3,(H,27,29). The fourth-order valence-electron chi connectivity index (χ4n) is 3.46. The van der Waals surface area contributed by atoms with Gasteiger partial charge in [-0.15, -0.1) is 0 Å². The second kappa shape index (κ2) is 9.03. The van der Waals surface area contributed by atoms with E-state index in [1.165, 1.54) is 21.3 Å². The molecule has 0 aliphatic heterocycles. The number of aromatic nitrogens is 1. The number of rotatable bonds is 6. The summed E-state index contributed by atoms with van der Waals surface area (Å²) < 4.78 is 21.9. The molecule has 4 rings (SSSR count). The molecule has 7 nitrogen and oxygen atoms in total. The average molecular weight is 467 g/mol. The maximum Gasteiger partial charge on any atom is 0.255 e. The third-order valence-corrected chi connectivity index (χ3v) is 5.72. The highest BCUT2D eigenvalue weighted by Crippen LogP contribution is 2.38. The summed E-state index contributed by atoms with van der Waals surface area (Å²) in [6.07, 6.45) is 0. The van der Waals surface area contributed by atoms with Crippen molar-refractivity contribution < 1.29 is 23.4 Å². The number of oxazole rings is 1. The number of ether oxygens (including phenoxy) is 3. The van der Waals surface area contributed by atoms with Gasteiger partial charge in [-0.2, -0.15) is 0 Å². The first-order valence-electron chi connectivity index (χ1n) is 10.1. The second-order valence-electron chi connectivity index (χ2n) is 7.49. The molecule has 0 bridgehead atoms. The topological polar surface area (TPSA) is 82.8 Å². The first-order valence-corrected chi connectivity index (χ1v) is 10.5. The summed E-state index contributed by atoms with van der Waals surface area (Å²) in [4.78, 5) is 17.6. The van der Waals surface area contributed by atoms with E-state index >= 15 is 0 Å². The minimum Gasteiger partial charge on any atom is -0.493 e. The molecule has 1 aromatic heterocycles. The SMILES string of the molecule is COc1cc(C(=O)Nc2cc(-c3nc4cc(C)c(C)cc4o3)ccc2Cl)cc(OC)c1OC. The zero-order valence-electron chi connectivity index (χ0n) is 18.9. The van der Waals surface area contributed by atoms with Gasteiger partial charge in [0.15, 0.2) is 17.1 Å². The number of carbonyl (C=O) groups is 1. The van der Waals surface area contributed by atoms with Gasteiger partial charge < -0.3 is 23.9 Å². The van der Waals surface area contributed by atoms with Gasteiger partial charge in [-0.3, -0.25) is 4.79 Å². The molecule has 0 fully saturated rings. The van der Waals surface area contributed by atoms with E-state index in [1.807, 2.05) is 26.0 Å². The number of carbonyl (C=O) groups excluding carboxylic acids is 1. The highest BCUT2D eigenvalue weighted by atomic mass is 35.5. The fourth-order valence-corrected chi connectivity index (χ4v) is 3.63. The minimum absolute atomic E-state index is 0.318. The van der Waals surface area contributed by atoms with Gasteiger partial charge in [0, 0.05) is 11.1 Å². The number of aryl methyl sites for hydroxylation is 2. The van der Waals surface area contributed by atoms with Gasteiger partial charge in [0.25, 0.3) is 5.91 Å². The molecule has 0 spiro atoms. The molecule has 170 valence electrons. The summed E-state index contributed by atoms with van der Waals surface area (Å²) in [5, 5.41) is 3.21. The molecule has 3 aromatic carbocycles. The molecule has 0 aliphatic carbocycles. The van der Waals surface area contributed by atoms with E-state index in [-0.39, 0.29) is 0 Å². The lowest BCUT2D eigenvalue weighted by atomic mass is 10.1. The Bertz CT molecular complexity index is 1300. The van der Waals surface area contributed by atoms with Crippen LogP contribution < -0.4 is 19.5 Å². The lowest BCUT2D eigenvalue weighted by Crippen LogP contribution is -2.13. The third-order valence-electron chi connectivity index (χ3n) is 5.39. The minimum atomic E-state index is -0.392. The summed E-state index contributed by atoms with van der Waals surface area (Å²) in [7, 11) is 4.48. The lowest BCUT2D eigenvalue weighted by molar-refractivity contribution is 0.102. The van der Waals surface area contributed by atoms with E-state index in [2.05, 4.69) is 10.3 Å². The van der Waals surface area contributed by atoms with Crippen molar-refractivity contribution >= 4 is 34.3 Å². The van der Waals surface area contributed by atoms with Crippen molar-refractivity contribution in [1.29, 1.82) is 0 Å². The van der Waals surface area contributed by atoms with E-state index in [0.29, 0.717) is 50.6 Å². The molecule has 1 N–H and O–H groups in total. The summed E-state index contributed by atoms with van der Waals surface area (Å²) in [5.41, 5.74) is 5.15. The van der Waals surface area contributed by atoms with Gasteiger partial charge in [0.05, 0.1) is 32.0 Å². The number of nitrogens with one attached hydrogen (secondary N) is 1. The summed E-state index contributed by atoms with van der Waals surface area (Å²) in [5.74, 6) is 1.20. The van der Waals surface area contributed by atoms with Gasteiger partial charge >= 0.3 is 0 Å². The van der Waals surface area contributed by atoms with Crippen molar-refractivity contribution in [1.82, 2.24) is 4.98 Å². The molecule has 1 heterocycles. The van der Waals surface area contributed by atoms with Crippen molar-refractivity contribution in [2.75, 3.05) is 26.6 Å². The Morgan fingerprint density at radius 1 is 0.939 bits per heavy atom. The van der Waals surface area contributed by atoms with Crippen LogP contribution in [-0.2, 0) is 0 Å². The number of halogens is 1. The number of benzene rings is 3. The second-order valence-corrected chi connectivity index (χ2v) is 7.89. The van der Waals surface area contributed by atoms with Crippen molar-refractivity contribution in [3.05, 3.63) is 64.2 Å². The first kappa shape index (κ1) is 22.5. The monoisotopic (exact) mass is 466 g/mol. The number of fused-ring (bicyclic) bond motifs is 1. The fraction of sp³-hybridized carbons (Fsp3) is 0.200. The molecule has 0 saturated carbocycles. The highest BCUT2D eigenvalue weighted by Gasteiger charge is 2.19. The predicted octanol–water partition coefficient (Wildman–Crippen LogP) is 6.04. The van der Waals surface area contributed by atoms with E-state index < -0.39 is 5.91 Å². The molecular formula is C25H23ClN2O5. The zero-order chi connectivity index (χ0) is 23.7. The van der Waals surface area contributed by atoms with Crippen LogP contribution >= 0.6 is 11.6 Å². The lowest BCUT2D eigenvalue weighted by Gasteiger charge is -2.14. The number of amides is 1. The smallest absolute Gasteiger partial charge is 0.255 e. The molecule has 0 saturated heterocycles. The Balaban J connectivity index is 1.67. The molecule has 33 heavy (non-hydrogen) atoms. The van der Waals surface area contributed by atoms with Gasteiger partial charge in [-0.1, -0.05) is 11.6 Å². The summed E-state index contributed by atoms with van der Waals surface area (Å²) in [6.45, 7) is 4.05. The predicted molar refractivity (Wildman–Crippen MR) is 128 cm³/mol. The van der Waals surface area contributed by atoms with Crippen LogP contribution in [0.25, 0.3) is 22.6 Å². The van der Waals surface area contributed by atoms with E-state index in [9.17, 15) is 4.79 Å². The van der Waals surface area contributed by atoms with Crippen LogP contribution in [0.3, 0.4) is 0 Å². The van der Waals surface area contributed by atoms with E-state index in [0.717, 1.165) is 16.6 Å². The molecule has 0 radical (unpaired) electrons. The van der Waals surface area contributed by atoms with E-state index in [1.54, 1.807) is 30.3 Å². The van der Waals surface area contributed by atoms with E-state index in [4.69, 9.17) is 30.2 Å². The zero-order valence-corrected chi connectivity index (χ0v) is 19.7. The van der Waals surface area contributed by atoms with Crippen molar-refractivity contribution in [3.63, 3.8) is 0 Å². The molecule has 0 atom stereocenters. The quantitative estimate of drug-likeness (QED) is 0.373. The maximum absolute atomic E-state index is 13.0. The molecular weight excluding hydrogens is 444 g/mol. The maximum atomic E-state index is 13.0. The summed E-state index contributed by atoms with van der Waals surface area (Å²) in [6, 6.07) is 12.3. The van der Waals surface area contributed by atoms with Crippen LogP contribution in [0.15, 0.2) is 46.9 Å². The highest BCUT2D eigenvalue weighted by molar-refractivity contribution is 6.34. The molecule has 1 amide bonds. The van der Waals surface area contributed by atoms with Crippen molar-refractivity contribution in [2.24, 2.45) is 0 Å². The Morgan fingerprint density at radius 2 is 1.61 bits per heavy atom. The summed E-state index contributed by atoms with van der Waals surface area (Å²) >= 11 is 6.37. The van der Waals surface area contributed by atoms with Gasteiger partial charge in [-0.05, 0) is 67.4 Å². The van der Waals surface area contributed by atoms with Gasteiger partial charge in [-0.25, -0.2) is 4.98 Å². The van der Waals surface area contributed by atoms with Crippen LogP contribution in [0.5, 0.6) is 17.2 Å². The Hall–Kier alpha value is -3.71. The molecule has 4 aromatic rings. The first-order chi connectivity index (χ1) is 15.8. The van der Waals surface area contributed by atoms with Crippen molar-refractivity contribution in [3.8, 4) is 28.7 Å². The number of hydrogen-bond donors (Lipinski definition) is 1. The van der Waals surface area contributed by atoms with Crippen LogP contribution in [0.2, 0.25) is 5.02 Å². The Labute approximate surface area is 196 Å². The third kappa shape index (κ3) is 4.32. The van der Waals surface area contributed by atoms with Crippen LogP contribution in [0, 0.1) is 13.8 Å². The molecule has 0 unspecified atom stereocenters. The largest absolute Gasteiger partial charge is 0.493 e. The normalized spacial score (nSPS) is 10.8. The van der Waals surface area contributed by atoms with Crippen LogP contribution in [-0.4, -0.2) is 32.2 Å². The Kier molecular flexibility index (Phi) is 6.16. The van der Waals surface area contributed by atoms with Gasteiger partial charge in [0.1, 0.15) is 5.52 Å². The number of hydrogen-bond acceptors (Lipinski definition) is 6. The van der Waals surface area contributed by atoms with Gasteiger partial charge in [0.2, 0.25) is 11.6 Å². The van der Waals surface area contributed by atoms with Crippen molar-refractivity contribution in [2.45, 2.75) is 13.8 Å². The van der Waals surface area contributed by atoms with Crippen LogP contribution in [0.1, 0.15) is 21.5 Å². The molecule has 8 heteroatoms. The number of anilines is 1. The molecule has 0 aliphatic rings.